The van der Waals surface area contributed by atoms with Crippen LogP contribution in [0.15, 0.2) is 18.3 Å². The van der Waals surface area contributed by atoms with E-state index < -0.39 is 0 Å². The number of carbonyl (C=O) groups is 2. The van der Waals surface area contributed by atoms with Crippen LogP contribution in [0.5, 0.6) is 0 Å². The quantitative estimate of drug-likeness (QED) is 0.856. The highest BCUT2D eigenvalue weighted by atomic mass is 16.2. The number of aromatic nitrogens is 1. The second kappa shape index (κ2) is 7.92. The number of pyridine rings is 1. The topological polar surface area (TPSA) is 77.6 Å². The monoisotopic (exact) mass is 319 g/mol. The number of nitrogens with zero attached hydrogens (tertiary/aromatic N) is 3. The van der Waals surface area contributed by atoms with E-state index in [9.17, 15) is 9.59 Å². The molecule has 7 nitrogen and oxygen atoms in total. The zero-order valence-electron chi connectivity index (χ0n) is 14.0. The maximum atomic E-state index is 11.8. The zero-order chi connectivity index (χ0) is 16.8. The van der Waals surface area contributed by atoms with Gasteiger partial charge < -0.3 is 15.1 Å². The number of likely N-dealkylation sites (tertiary alicyclic amines) is 1. The largest absolute Gasteiger partial charge is 0.345 e. The minimum Gasteiger partial charge on any atom is -0.345 e. The van der Waals surface area contributed by atoms with E-state index in [1.807, 2.05) is 0 Å². The molecule has 1 atom stereocenters. The first-order valence-corrected chi connectivity index (χ1v) is 7.90. The van der Waals surface area contributed by atoms with E-state index in [0.29, 0.717) is 17.9 Å². The molecule has 1 fully saturated rings. The Bertz CT molecular complexity index is 544. The molecule has 2 N–H and O–H groups in total. The van der Waals surface area contributed by atoms with E-state index >= 15 is 0 Å². The molecule has 1 aromatic rings. The van der Waals surface area contributed by atoms with Crippen molar-refractivity contribution in [1.29, 1.82) is 0 Å². The van der Waals surface area contributed by atoms with E-state index in [2.05, 4.69) is 27.4 Å². The molecular formula is C16H25N5O2. The minimum absolute atomic E-state index is 0.117. The van der Waals surface area contributed by atoms with Crippen molar-refractivity contribution in [2.45, 2.75) is 13.3 Å². The van der Waals surface area contributed by atoms with Crippen LogP contribution in [0.1, 0.15) is 23.7 Å². The SMILES string of the molecule is CC1CCN(CCNC(=O)Nc2ccc(C(=O)N(C)C)cn2)C1. The fraction of sp³-hybridized carbons (Fsp3) is 0.562. The maximum absolute atomic E-state index is 11.8. The Balaban J connectivity index is 1.73. The van der Waals surface area contributed by atoms with Gasteiger partial charge in [-0.25, -0.2) is 9.78 Å². The molecule has 2 heterocycles. The summed E-state index contributed by atoms with van der Waals surface area (Å²) in [5.41, 5.74) is 0.490. The summed E-state index contributed by atoms with van der Waals surface area (Å²) < 4.78 is 0. The van der Waals surface area contributed by atoms with Crippen LogP contribution in [0.25, 0.3) is 0 Å². The zero-order valence-corrected chi connectivity index (χ0v) is 14.0. The van der Waals surface area contributed by atoms with Gasteiger partial charge >= 0.3 is 6.03 Å². The fourth-order valence-electron chi connectivity index (χ4n) is 2.57. The maximum Gasteiger partial charge on any atom is 0.320 e. The molecule has 0 aromatic carbocycles. The van der Waals surface area contributed by atoms with Crippen molar-refractivity contribution < 1.29 is 9.59 Å². The molecule has 1 aliphatic rings. The lowest BCUT2D eigenvalue weighted by molar-refractivity contribution is 0.0827. The Morgan fingerprint density at radius 3 is 2.74 bits per heavy atom. The average molecular weight is 319 g/mol. The summed E-state index contributed by atoms with van der Waals surface area (Å²) in [7, 11) is 3.37. The van der Waals surface area contributed by atoms with Crippen LogP contribution in [-0.2, 0) is 0 Å². The predicted octanol–water partition coefficient (Wildman–Crippen LogP) is 1.25. The molecule has 1 aromatic heterocycles. The Kier molecular flexibility index (Phi) is 5.92. The molecule has 0 saturated carbocycles. The third-order valence-corrected chi connectivity index (χ3v) is 3.88. The van der Waals surface area contributed by atoms with Gasteiger partial charge in [-0.05, 0) is 31.0 Å². The van der Waals surface area contributed by atoms with E-state index in [1.165, 1.54) is 17.5 Å². The van der Waals surface area contributed by atoms with Gasteiger partial charge in [0.15, 0.2) is 0 Å². The van der Waals surface area contributed by atoms with Crippen LogP contribution in [0, 0.1) is 5.92 Å². The smallest absolute Gasteiger partial charge is 0.320 e. The first-order chi connectivity index (χ1) is 11.0. The van der Waals surface area contributed by atoms with Gasteiger partial charge in [-0.1, -0.05) is 6.92 Å². The Morgan fingerprint density at radius 2 is 2.17 bits per heavy atom. The number of hydrogen-bond acceptors (Lipinski definition) is 4. The van der Waals surface area contributed by atoms with Crippen LogP contribution in [0.4, 0.5) is 10.6 Å². The second-order valence-corrected chi connectivity index (χ2v) is 6.21. The molecule has 7 heteroatoms. The summed E-state index contributed by atoms with van der Waals surface area (Å²) >= 11 is 0. The van der Waals surface area contributed by atoms with Gasteiger partial charge in [0.05, 0.1) is 5.56 Å². The van der Waals surface area contributed by atoms with Gasteiger partial charge in [0.1, 0.15) is 5.82 Å². The molecule has 0 radical (unpaired) electrons. The summed E-state index contributed by atoms with van der Waals surface area (Å²) in [4.78, 5) is 31.5. The van der Waals surface area contributed by atoms with Gasteiger partial charge in [-0.2, -0.15) is 0 Å². The van der Waals surface area contributed by atoms with Crippen molar-refractivity contribution in [3.05, 3.63) is 23.9 Å². The Morgan fingerprint density at radius 1 is 1.39 bits per heavy atom. The second-order valence-electron chi connectivity index (χ2n) is 6.21. The molecule has 1 unspecified atom stereocenters. The lowest BCUT2D eigenvalue weighted by atomic mass is 10.2. The molecule has 2 rings (SSSR count). The van der Waals surface area contributed by atoms with Crippen molar-refractivity contribution in [3.8, 4) is 0 Å². The van der Waals surface area contributed by atoms with Gasteiger partial charge in [0, 0.05) is 39.9 Å². The number of nitrogens with one attached hydrogen (secondary N) is 2. The minimum atomic E-state index is -0.281. The molecule has 1 aliphatic heterocycles. The van der Waals surface area contributed by atoms with Crippen LogP contribution in [0.2, 0.25) is 0 Å². The van der Waals surface area contributed by atoms with Crippen molar-refractivity contribution in [1.82, 2.24) is 20.1 Å². The summed E-state index contributed by atoms with van der Waals surface area (Å²) in [5, 5.41) is 5.49. The van der Waals surface area contributed by atoms with Crippen molar-refractivity contribution >= 4 is 17.8 Å². The van der Waals surface area contributed by atoms with Gasteiger partial charge in [0.25, 0.3) is 5.91 Å². The third-order valence-electron chi connectivity index (χ3n) is 3.88. The van der Waals surface area contributed by atoms with Gasteiger partial charge in [0.2, 0.25) is 0 Å². The first-order valence-electron chi connectivity index (χ1n) is 7.90. The van der Waals surface area contributed by atoms with Crippen LogP contribution in [-0.4, -0.2) is 67.0 Å². The summed E-state index contributed by atoms with van der Waals surface area (Å²) in [6, 6.07) is 2.99. The number of rotatable bonds is 5. The first kappa shape index (κ1) is 17.2. The number of urea groups is 1. The van der Waals surface area contributed by atoms with E-state index in [1.54, 1.807) is 26.2 Å². The molecule has 0 spiro atoms. The van der Waals surface area contributed by atoms with Crippen molar-refractivity contribution in [3.63, 3.8) is 0 Å². The van der Waals surface area contributed by atoms with Crippen LogP contribution >= 0.6 is 0 Å². The lowest BCUT2D eigenvalue weighted by Crippen LogP contribution is -2.36. The fourth-order valence-corrected chi connectivity index (χ4v) is 2.57. The van der Waals surface area contributed by atoms with E-state index in [0.717, 1.165) is 25.6 Å². The number of anilines is 1. The van der Waals surface area contributed by atoms with E-state index in [4.69, 9.17) is 0 Å². The highest BCUT2D eigenvalue weighted by Gasteiger charge is 2.17. The predicted molar refractivity (Wildman–Crippen MR) is 89.5 cm³/mol. The Hall–Kier alpha value is -2.15. The molecule has 1 saturated heterocycles. The summed E-state index contributed by atoms with van der Waals surface area (Å²) in [6.07, 6.45) is 2.69. The lowest BCUT2D eigenvalue weighted by Gasteiger charge is -2.15. The molecular weight excluding hydrogens is 294 g/mol. The number of carbonyl (C=O) groups excluding carboxylic acids is 2. The van der Waals surface area contributed by atoms with E-state index in [-0.39, 0.29) is 11.9 Å². The molecule has 23 heavy (non-hydrogen) atoms. The van der Waals surface area contributed by atoms with Crippen molar-refractivity contribution in [2.24, 2.45) is 5.92 Å². The van der Waals surface area contributed by atoms with Crippen LogP contribution in [0.3, 0.4) is 0 Å². The summed E-state index contributed by atoms with van der Waals surface area (Å²) in [6.45, 7) is 5.92. The van der Waals surface area contributed by atoms with Gasteiger partial charge in [-0.15, -0.1) is 0 Å². The number of hydrogen-bond donors (Lipinski definition) is 2. The normalized spacial score (nSPS) is 17.8. The third kappa shape index (κ3) is 5.21. The number of amides is 3. The molecule has 0 bridgehead atoms. The van der Waals surface area contributed by atoms with Crippen LogP contribution < -0.4 is 10.6 Å². The molecule has 0 aliphatic carbocycles. The standard InChI is InChI=1S/C16H25N5O2/c1-12-6-8-21(11-12)9-7-17-16(23)19-14-5-4-13(10-18-14)15(22)20(2)3/h4-5,10,12H,6-9,11H2,1-3H3,(H2,17,18,19,23). The highest BCUT2D eigenvalue weighted by Crippen LogP contribution is 2.13. The van der Waals surface area contributed by atoms with Gasteiger partial charge in [-0.3, -0.25) is 10.1 Å². The molecule has 126 valence electrons. The average Bonchev–Trinajstić information content (AvgIpc) is 2.92. The van der Waals surface area contributed by atoms with Crippen molar-refractivity contribution in [2.75, 3.05) is 45.6 Å². The highest BCUT2D eigenvalue weighted by molar-refractivity contribution is 5.94. The Labute approximate surface area is 137 Å². The summed E-state index contributed by atoms with van der Waals surface area (Å²) in [5.74, 6) is 1.05. The molecule has 3 amide bonds.